The second-order valence-electron chi connectivity index (χ2n) is 7.02. The lowest BCUT2D eigenvalue weighted by molar-refractivity contribution is -0.168. The molecule has 3 aromatic rings. The molecule has 140 valence electrons. The average molecular weight is 404 g/mol. The van der Waals surface area contributed by atoms with Crippen LogP contribution in [0.15, 0.2) is 61.2 Å². The molecule has 0 aliphatic carbocycles. The van der Waals surface area contributed by atoms with Gasteiger partial charge in [-0.3, -0.25) is 0 Å². The van der Waals surface area contributed by atoms with Crippen molar-refractivity contribution in [1.82, 2.24) is 14.8 Å². The lowest BCUT2D eigenvalue weighted by atomic mass is 9.84. The molecule has 0 N–H and O–H groups in total. The number of hydrogen-bond acceptors (Lipinski definition) is 4. The van der Waals surface area contributed by atoms with E-state index in [0.717, 1.165) is 11.1 Å². The van der Waals surface area contributed by atoms with Gasteiger partial charge in [0, 0.05) is 15.6 Å². The first-order valence-corrected chi connectivity index (χ1v) is 9.36. The monoisotopic (exact) mass is 403 g/mol. The van der Waals surface area contributed by atoms with E-state index in [0.29, 0.717) is 16.6 Å². The minimum Gasteiger partial charge on any atom is -0.339 e. The van der Waals surface area contributed by atoms with Crippen LogP contribution in [0, 0.1) is 0 Å². The van der Waals surface area contributed by atoms with E-state index in [-0.39, 0.29) is 0 Å². The Kier molecular flexibility index (Phi) is 4.72. The van der Waals surface area contributed by atoms with Crippen LogP contribution in [0.4, 0.5) is 0 Å². The van der Waals surface area contributed by atoms with Gasteiger partial charge < -0.3 is 9.47 Å². The maximum atomic E-state index is 6.62. The Hall–Kier alpha value is -1.92. The number of ether oxygens (including phenoxy) is 2. The van der Waals surface area contributed by atoms with Crippen molar-refractivity contribution in [3.63, 3.8) is 0 Å². The molecule has 0 saturated carbocycles. The molecule has 1 aliphatic rings. The fraction of sp³-hybridized carbons (Fsp3) is 0.300. The highest BCUT2D eigenvalue weighted by atomic mass is 35.5. The van der Waals surface area contributed by atoms with Gasteiger partial charge in [-0.25, -0.2) is 9.67 Å². The normalized spacial score (nSPS) is 24.2. The highest BCUT2D eigenvalue weighted by Crippen LogP contribution is 2.54. The van der Waals surface area contributed by atoms with Crippen LogP contribution in [0.2, 0.25) is 10.0 Å². The van der Waals surface area contributed by atoms with Crippen molar-refractivity contribution in [2.24, 2.45) is 0 Å². The van der Waals surface area contributed by atoms with Gasteiger partial charge in [0.25, 0.3) is 0 Å². The van der Waals surface area contributed by atoms with E-state index in [1.54, 1.807) is 17.1 Å². The number of rotatable bonds is 4. The van der Waals surface area contributed by atoms with Crippen molar-refractivity contribution in [2.75, 3.05) is 0 Å². The van der Waals surface area contributed by atoms with Crippen molar-refractivity contribution in [3.05, 3.63) is 82.4 Å². The van der Waals surface area contributed by atoms with E-state index >= 15 is 0 Å². The first-order chi connectivity index (χ1) is 12.9. The van der Waals surface area contributed by atoms with Crippen LogP contribution in [-0.4, -0.2) is 20.6 Å². The topological polar surface area (TPSA) is 49.2 Å². The van der Waals surface area contributed by atoms with Gasteiger partial charge in [-0.05, 0) is 31.5 Å². The summed E-state index contributed by atoms with van der Waals surface area (Å²) in [7, 11) is 0. The maximum Gasteiger partial charge on any atom is 0.165 e. The Morgan fingerprint density at radius 2 is 1.89 bits per heavy atom. The summed E-state index contributed by atoms with van der Waals surface area (Å²) in [6.07, 6.45) is 2.76. The van der Waals surface area contributed by atoms with Crippen molar-refractivity contribution in [3.8, 4) is 0 Å². The molecule has 1 saturated heterocycles. The molecule has 1 aromatic heterocycles. The van der Waals surface area contributed by atoms with Gasteiger partial charge in [0.1, 0.15) is 24.4 Å². The van der Waals surface area contributed by atoms with Crippen LogP contribution in [-0.2, 0) is 21.6 Å². The molecular formula is C20H19Cl2N3O2. The Morgan fingerprint density at radius 1 is 1.11 bits per heavy atom. The SMILES string of the molecule is CC1(C)OC(c2ccccc2)C(Cn2cncn2)(c2ccc(Cl)cc2Cl)O1. The summed E-state index contributed by atoms with van der Waals surface area (Å²) < 4.78 is 14.6. The lowest BCUT2D eigenvalue weighted by Gasteiger charge is -2.34. The van der Waals surface area contributed by atoms with Gasteiger partial charge in [0.05, 0.1) is 6.54 Å². The predicted octanol–water partition coefficient (Wildman–Crippen LogP) is 5.00. The quantitative estimate of drug-likeness (QED) is 0.614. The summed E-state index contributed by atoms with van der Waals surface area (Å²) >= 11 is 12.8. The van der Waals surface area contributed by atoms with Gasteiger partial charge in [-0.15, -0.1) is 0 Å². The molecule has 7 heteroatoms. The molecule has 0 bridgehead atoms. The highest BCUT2D eigenvalue weighted by molar-refractivity contribution is 6.35. The van der Waals surface area contributed by atoms with E-state index in [1.807, 2.05) is 56.3 Å². The summed E-state index contributed by atoms with van der Waals surface area (Å²) in [5, 5.41) is 5.36. The van der Waals surface area contributed by atoms with Crippen LogP contribution >= 0.6 is 23.2 Å². The second-order valence-corrected chi connectivity index (χ2v) is 7.86. The highest BCUT2D eigenvalue weighted by Gasteiger charge is 2.56. The summed E-state index contributed by atoms with van der Waals surface area (Å²) in [4.78, 5) is 4.06. The molecular weight excluding hydrogens is 385 g/mol. The predicted molar refractivity (Wildman–Crippen MR) is 104 cm³/mol. The molecule has 0 spiro atoms. The molecule has 4 rings (SSSR count). The fourth-order valence-corrected chi connectivity index (χ4v) is 4.21. The van der Waals surface area contributed by atoms with E-state index < -0.39 is 17.5 Å². The van der Waals surface area contributed by atoms with Crippen molar-refractivity contribution in [1.29, 1.82) is 0 Å². The van der Waals surface area contributed by atoms with E-state index in [1.165, 1.54) is 6.33 Å². The summed E-state index contributed by atoms with van der Waals surface area (Å²) in [6.45, 7) is 4.18. The molecule has 27 heavy (non-hydrogen) atoms. The lowest BCUT2D eigenvalue weighted by Crippen LogP contribution is -2.38. The Labute approximate surface area is 167 Å². The van der Waals surface area contributed by atoms with Crippen LogP contribution in [0.25, 0.3) is 0 Å². The molecule has 2 aromatic carbocycles. The number of aromatic nitrogens is 3. The number of benzene rings is 2. The van der Waals surface area contributed by atoms with Gasteiger partial charge in [-0.2, -0.15) is 5.10 Å². The van der Waals surface area contributed by atoms with Gasteiger partial charge in [0.15, 0.2) is 5.79 Å². The Morgan fingerprint density at radius 3 is 2.56 bits per heavy atom. The minimum absolute atomic E-state index is 0.386. The summed E-state index contributed by atoms with van der Waals surface area (Å²) in [6, 6.07) is 15.4. The standard InChI is InChI=1S/C20H19Cl2N3O2/c1-19(2)26-18(14-6-4-3-5-7-14)20(27-19,11-25-13-23-12-24-25)16-9-8-15(21)10-17(16)22/h3-10,12-13,18H,11H2,1-2H3. The minimum atomic E-state index is -0.903. The molecule has 2 atom stereocenters. The molecule has 5 nitrogen and oxygen atoms in total. The van der Waals surface area contributed by atoms with Gasteiger partial charge in [0.2, 0.25) is 0 Å². The van der Waals surface area contributed by atoms with Crippen molar-refractivity contribution >= 4 is 23.2 Å². The zero-order valence-electron chi connectivity index (χ0n) is 15.0. The van der Waals surface area contributed by atoms with Crippen LogP contribution < -0.4 is 0 Å². The van der Waals surface area contributed by atoms with Crippen LogP contribution in [0.3, 0.4) is 0 Å². The van der Waals surface area contributed by atoms with E-state index in [4.69, 9.17) is 32.7 Å². The van der Waals surface area contributed by atoms with Crippen molar-refractivity contribution in [2.45, 2.75) is 37.9 Å². The number of halogens is 2. The molecule has 2 unspecified atom stereocenters. The van der Waals surface area contributed by atoms with E-state index in [9.17, 15) is 0 Å². The first-order valence-electron chi connectivity index (χ1n) is 8.60. The molecule has 2 heterocycles. The summed E-state index contributed by atoms with van der Waals surface area (Å²) in [5.74, 6) is -0.815. The van der Waals surface area contributed by atoms with Crippen molar-refractivity contribution < 1.29 is 9.47 Å². The molecule has 1 fully saturated rings. The average Bonchev–Trinajstić information content (AvgIpc) is 3.21. The molecule has 0 radical (unpaired) electrons. The Balaban J connectivity index is 1.92. The third kappa shape index (κ3) is 3.48. The Bertz CT molecular complexity index is 932. The zero-order chi connectivity index (χ0) is 19.1. The molecule has 1 aliphatic heterocycles. The fourth-order valence-electron chi connectivity index (χ4n) is 3.64. The largest absolute Gasteiger partial charge is 0.339 e. The number of hydrogen-bond donors (Lipinski definition) is 0. The van der Waals surface area contributed by atoms with Gasteiger partial charge >= 0.3 is 0 Å². The third-order valence-corrected chi connectivity index (χ3v) is 5.15. The zero-order valence-corrected chi connectivity index (χ0v) is 16.5. The maximum absolute atomic E-state index is 6.62. The number of nitrogens with zero attached hydrogens (tertiary/aromatic N) is 3. The molecule has 0 amide bonds. The second kappa shape index (κ2) is 6.91. The van der Waals surface area contributed by atoms with E-state index in [2.05, 4.69) is 10.1 Å². The van der Waals surface area contributed by atoms with Gasteiger partial charge in [-0.1, -0.05) is 59.6 Å². The smallest absolute Gasteiger partial charge is 0.165 e. The third-order valence-electron chi connectivity index (χ3n) is 4.61. The van der Waals surface area contributed by atoms with Crippen LogP contribution in [0.1, 0.15) is 31.1 Å². The van der Waals surface area contributed by atoms with Crippen LogP contribution in [0.5, 0.6) is 0 Å². The first kappa shape index (κ1) is 18.4. The summed E-state index contributed by atoms with van der Waals surface area (Å²) in [5.41, 5.74) is 0.887.